The maximum absolute atomic E-state index is 11.4. The molecule has 0 amide bonds. The van der Waals surface area contributed by atoms with Gasteiger partial charge in [-0.1, -0.05) is 0 Å². The van der Waals surface area contributed by atoms with E-state index in [1.54, 1.807) is 20.9 Å². The van der Waals surface area contributed by atoms with Gasteiger partial charge in [-0.25, -0.2) is 9.48 Å². The second kappa shape index (κ2) is 6.03. The molecule has 0 fully saturated rings. The van der Waals surface area contributed by atoms with E-state index in [1.165, 1.54) is 18.7 Å². The van der Waals surface area contributed by atoms with Gasteiger partial charge < -0.3 is 19.7 Å². The molecule has 0 radical (unpaired) electrons. The number of aromatic nitrogens is 2. The highest BCUT2D eigenvalue weighted by atomic mass is 16.5. The van der Waals surface area contributed by atoms with Crippen LogP contribution in [-0.4, -0.2) is 45.3 Å². The first-order chi connectivity index (χ1) is 8.79. The lowest BCUT2D eigenvalue weighted by Crippen LogP contribution is -2.28. The monoisotopic (exact) mass is 272 g/mol. The van der Waals surface area contributed by atoms with Crippen molar-refractivity contribution in [3.8, 4) is 5.88 Å². The van der Waals surface area contributed by atoms with Crippen molar-refractivity contribution in [1.82, 2.24) is 9.78 Å². The molecule has 19 heavy (non-hydrogen) atoms. The zero-order valence-electron chi connectivity index (χ0n) is 11.7. The Morgan fingerprint density at radius 2 is 2.00 bits per heavy atom. The molecule has 1 aromatic heterocycles. The van der Waals surface area contributed by atoms with Gasteiger partial charge >= 0.3 is 5.97 Å². The summed E-state index contributed by atoms with van der Waals surface area (Å²) < 4.78 is 12.0. The van der Waals surface area contributed by atoms with E-state index in [0.29, 0.717) is 17.1 Å². The smallest absolute Gasteiger partial charge is 0.337 e. The molecule has 0 spiro atoms. The lowest BCUT2D eigenvalue weighted by molar-refractivity contribution is -0.158. The molecule has 7 heteroatoms. The number of aliphatic hydroxyl groups excluding tert-OH is 1. The standard InChI is InChI=1S/C12H20N2O5/c1-6-9(11(18-5)14(4)13-6)10(12(16)17)19-8(3)7(2)15/h7-8,10,15H,1-5H3,(H,16,17). The quantitative estimate of drug-likeness (QED) is 0.789. The summed E-state index contributed by atoms with van der Waals surface area (Å²) in [6, 6.07) is 0. The summed E-state index contributed by atoms with van der Waals surface area (Å²) in [6.07, 6.45) is -2.62. The predicted molar refractivity (Wildman–Crippen MR) is 67.1 cm³/mol. The third-order valence-electron chi connectivity index (χ3n) is 2.92. The van der Waals surface area contributed by atoms with Crippen LogP contribution in [0.5, 0.6) is 5.88 Å². The molecule has 0 bridgehead atoms. The first-order valence-corrected chi connectivity index (χ1v) is 5.93. The molecule has 0 aliphatic rings. The van der Waals surface area contributed by atoms with Crippen LogP contribution in [0.15, 0.2) is 0 Å². The fraction of sp³-hybridized carbons (Fsp3) is 0.667. The molecular formula is C12H20N2O5. The molecule has 2 N–H and O–H groups in total. The van der Waals surface area contributed by atoms with E-state index in [2.05, 4.69) is 5.10 Å². The fourth-order valence-electron chi connectivity index (χ4n) is 1.78. The normalized spacial score (nSPS) is 15.9. The molecule has 0 saturated heterocycles. The number of aliphatic carboxylic acids is 1. The third kappa shape index (κ3) is 3.24. The Bertz CT molecular complexity index is 455. The lowest BCUT2D eigenvalue weighted by Gasteiger charge is -2.21. The van der Waals surface area contributed by atoms with Crippen molar-refractivity contribution in [3.63, 3.8) is 0 Å². The van der Waals surface area contributed by atoms with E-state index in [9.17, 15) is 15.0 Å². The van der Waals surface area contributed by atoms with Gasteiger partial charge in [0.15, 0.2) is 6.10 Å². The average molecular weight is 272 g/mol. The van der Waals surface area contributed by atoms with Gasteiger partial charge in [0.25, 0.3) is 0 Å². The Hall–Kier alpha value is -1.60. The van der Waals surface area contributed by atoms with Crippen LogP contribution in [0.3, 0.4) is 0 Å². The Morgan fingerprint density at radius 1 is 1.42 bits per heavy atom. The number of carbonyl (C=O) groups is 1. The molecule has 3 atom stereocenters. The molecule has 3 unspecified atom stereocenters. The highest BCUT2D eigenvalue weighted by Crippen LogP contribution is 2.31. The maximum Gasteiger partial charge on any atom is 0.337 e. The molecule has 1 rings (SSSR count). The van der Waals surface area contributed by atoms with Gasteiger partial charge in [0.2, 0.25) is 5.88 Å². The van der Waals surface area contributed by atoms with E-state index < -0.39 is 24.3 Å². The summed E-state index contributed by atoms with van der Waals surface area (Å²) in [5.41, 5.74) is 0.884. The molecule has 0 saturated carbocycles. The zero-order valence-corrected chi connectivity index (χ0v) is 11.7. The summed E-state index contributed by atoms with van der Waals surface area (Å²) in [6.45, 7) is 4.83. The molecule has 0 aliphatic carbocycles. The van der Waals surface area contributed by atoms with Crippen LogP contribution in [-0.2, 0) is 16.6 Å². The van der Waals surface area contributed by atoms with Gasteiger partial charge in [0.1, 0.15) is 0 Å². The number of carboxylic acids is 1. The van der Waals surface area contributed by atoms with E-state index >= 15 is 0 Å². The van der Waals surface area contributed by atoms with Crippen LogP contribution in [0.4, 0.5) is 0 Å². The number of methoxy groups -OCH3 is 1. The Balaban J connectivity index is 3.16. The SMILES string of the molecule is COc1c(C(OC(C)C(C)O)C(=O)O)c(C)nn1C. The zero-order chi connectivity index (χ0) is 14.7. The van der Waals surface area contributed by atoms with Gasteiger partial charge in [-0.2, -0.15) is 5.10 Å². The van der Waals surface area contributed by atoms with Crippen molar-refractivity contribution in [2.75, 3.05) is 7.11 Å². The molecule has 0 aromatic carbocycles. The van der Waals surface area contributed by atoms with Crippen molar-refractivity contribution in [3.05, 3.63) is 11.3 Å². The van der Waals surface area contributed by atoms with Crippen LogP contribution >= 0.6 is 0 Å². The van der Waals surface area contributed by atoms with E-state index in [-0.39, 0.29) is 0 Å². The Morgan fingerprint density at radius 3 is 2.42 bits per heavy atom. The summed E-state index contributed by atoms with van der Waals surface area (Å²) in [4.78, 5) is 11.4. The number of aliphatic hydroxyl groups is 1. The number of rotatable bonds is 6. The summed E-state index contributed by atoms with van der Waals surface area (Å²) in [7, 11) is 3.10. The number of hydrogen-bond donors (Lipinski definition) is 2. The van der Waals surface area contributed by atoms with Gasteiger partial charge in [-0.05, 0) is 20.8 Å². The molecular weight excluding hydrogens is 252 g/mol. The Labute approximate surface area is 111 Å². The first kappa shape index (κ1) is 15.5. The number of carboxylic acid groups (broad SMARTS) is 1. The maximum atomic E-state index is 11.4. The van der Waals surface area contributed by atoms with Crippen LogP contribution in [0.2, 0.25) is 0 Å². The largest absolute Gasteiger partial charge is 0.481 e. The van der Waals surface area contributed by atoms with E-state index in [4.69, 9.17) is 9.47 Å². The minimum atomic E-state index is -1.23. The van der Waals surface area contributed by atoms with Crippen molar-refractivity contribution in [1.29, 1.82) is 0 Å². The van der Waals surface area contributed by atoms with Crippen molar-refractivity contribution < 1.29 is 24.5 Å². The Kier molecular flexibility index (Phi) is 4.90. The van der Waals surface area contributed by atoms with Gasteiger partial charge in [-0.3, -0.25) is 0 Å². The third-order valence-corrected chi connectivity index (χ3v) is 2.92. The van der Waals surface area contributed by atoms with Gasteiger partial charge in [0.05, 0.1) is 30.6 Å². The van der Waals surface area contributed by atoms with Crippen LogP contribution in [0, 0.1) is 6.92 Å². The predicted octanol–water partition coefficient (Wildman–Crippen LogP) is 0.649. The number of hydrogen-bond acceptors (Lipinski definition) is 5. The van der Waals surface area contributed by atoms with Crippen LogP contribution < -0.4 is 4.74 Å². The lowest BCUT2D eigenvalue weighted by atomic mass is 10.1. The molecule has 0 aliphatic heterocycles. The number of ether oxygens (including phenoxy) is 2. The first-order valence-electron chi connectivity index (χ1n) is 5.93. The second-order valence-corrected chi connectivity index (χ2v) is 4.43. The average Bonchev–Trinajstić information content (AvgIpc) is 2.59. The van der Waals surface area contributed by atoms with Crippen molar-refractivity contribution >= 4 is 5.97 Å². The molecule has 108 valence electrons. The molecule has 1 heterocycles. The molecule has 7 nitrogen and oxygen atoms in total. The molecule has 1 aromatic rings. The number of aryl methyl sites for hydroxylation is 2. The van der Waals surface area contributed by atoms with Crippen LogP contribution in [0.25, 0.3) is 0 Å². The highest BCUT2D eigenvalue weighted by Gasteiger charge is 2.32. The summed E-state index contributed by atoms with van der Waals surface area (Å²) >= 11 is 0. The minimum Gasteiger partial charge on any atom is -0.481 e. The minimum absolute atomic E-state index is 0.336. The highest BCUT2D eigenvalue weighted by molar-refractivity contribution is 5.75. The van der Waals surface area contributed by atoms with E-state index in [0.717, 1.165) is 0 Å². The van der Waals surface area contributed by atoms with Crippen molar-refractivity contribution in [2.24, 2.45) is 7.05 Å². The van der Waals surface area contributed by atoms with E-state index in [1.807, 2.05) is 0 Å². The summed E-state index contributed by atoms with van der Waals surface area (Å²) in [5, 5.41) is 22.9. The summed E-state index contributed by atoms with van der Waals surface area (Å²) in [5.74, 6) is -0.815. The fourth-order valence-corrected chi connectivity index (χ4v) is 1.78. The van der Waals surface area contributed by atoms with Crippen molar-refractivity contribution in [2.45, 2.75) is 39.1 Å². The number of nitrogens with zero attached hydrogens (tertiary/aromatic N) is 2. The van der Waals surface area contributed by atoms with Crippen LogP contribution in [0.1, 0.15) is 31.2 Å². The second-order valence-electron chi connectivity index (χ2n) is 4.43. The van der Waals surface area contributed by atoms with Gasteiger partial charge in [0, 0.05) is 7.05 Å². The topological polar surface area (TPSA) is 93.8 Å². The van der Waals surface area contributed by atoms with Gasteiger partial charge in [-0.15, -0.1) is 0 Å².